The fourth-order valence-corrected chi connectivity index (χ4v) is 2.97. The molecule has 4 heteroatoms. The highest BCUT2D eigenvalue weighted by Gasteiger charge is 2.35. The number of carbonyl (C=O) groups excluding carboxylic acids is 1. The van der Waals surface area contributed by atoms with E-state index in [1.54, 1.807) is 0 Å². The zero-order valence-electron chi connectivity index (χ0n) is 12.1. The number of amides is 1. The highest BCUT2D eigenvalue weighted by Crippen LogP contribution is 2.29. The van der Waals surface area contributed by atoms with Gasteiger partial charge in [-0.25, -0.2) is 0 Å². The van der Waals surface area contributed by atoms with Crippen LogP contribution in [-0.2, 0) is 10.2 Å². The van der Waals surface area contributed by atoms with E-state index in [0.29, 0.717) is 5.92 Å². The SMILES string of the molecule is CC(C)(C(=O)N1CCC(CO)CC1)c1ccc(Br)cc1. The van der Waals surface area contributed by atoms with Crippen LogP contribution < -0.4 is 0 Å². The van der Waals surface area contributed by atoms with Crippen molar-refractivity contribution in [2.45, 2.75) is 32.1 Å². The number of aliphatic hydroxyl groups is 1. The molecule has 20 heavy (non-hydrogen) atoms. The Labute approximate surface area is 129 Å². The van der Waals surface area contributed by atoms with Crippen molar-refractivity contribution in [3.63, 3.8) is 0 Å². The Kier molecular flexibility index (Phi) is 4.86. The zero-order chi connectivity index (χ0) is 14.8. The first kappa shape index (κ1) is 15.5. The fourth-order valence-electron chi connectivity index (χ4n) is 2.70. The van der Waals surface area contributed by atoms with E-state index in [2.05, 4.69) is 15.9 Å². The van der Waals surface area contributed by atoms with Gasteiger partial charge in [0.05, 0.1) is 5.41 Å². The molecule has 0 unspecified atom stereocenters. The lowest BCUT2D eigenvalue weighted by atomic mass is 9.82. The molecule has 3 nitrogen and oxygen atoms in total. The third-order valence-corrected chi connectivity index (χ3v) is 4.79. The molecule has 2 rings (SSSR count). The van der Waals surface area contributed by atoms with Crippen LogP contribution in [-0.4, -0.2) is 35.6 Å². The topological polar surface area (TPSA) is 40.5 Å². The first-order valence-electron chi connectivity index (χ1n) is 7.11. The van der Waals surface area contributed by atoms with Gasteiger partial charge in [0.25, 0.3) is 0 Å². The van der Waals surface area contributed by atoms with Crippen LogP contribution >= 0.6 is 15.9 Å². The Balaban J connectivity index is 2.09. The number of halogens is 1. The van der Waals surface area contributed by atoms with Gasteiger partial charge < -0.3 is 10.0 Å². The average molecular weight is 340 g/mol. The van der Waals surface area contributed by atoms with Crippen LogP contribution in [0.1, 0.15) is 32.3 Å². The summed E-state index contributed by atoms with van der Waals surface area (Å²) in [6, 6.07) is 7.95. The van der Waals surface area contributed by atoms with Crippen LogP contribution in [0.5, 0.6) is 0 Å². The van der Waals surface area contributed by atoms with E-state index in [1.165, 1.54) is 0 Å². The van der Waals surface area contributed by atoms with Gasteiger partial charge >= 0.3 is 0 Å². The van der Waals surface area contributed by atoms with Crippen molar-refractivity contribution in [3.05, 3.63) is 34.3 Å². The number of hydrogen-bond donors (Lipinski definition) is 1. The molecule has 0 aromatic heterocycles. The summed E-state index contributed by atoms with van der Waals surface area (Å²) >= 11 is 3.42. The Morgan fingerprint density at radius 2 is 1.85 bits per heavy atom. The van der Waals surface area contributed by atoms with Crippen molar-refractivity contribution < 1.29 is 9.90 Å². The normalized spacial score (nSPS) is 17.3. The highest BCUT2D eigenvalue weighted by molar-refractivity contribution is 9.10. The lowest BCUT2D eigenvalue weighted by molar-refractivity contribution is -0.137. The molecule has 0 radical (unpaired) electrons. The number of hydrogen-bond acceptors (Lipinski definition) is 2. The van der Waals surface area contributed by atoms with Crippen LogP contribution in [0.15, 0.2) is 28.7 Å². The van der Waals surface area contributed by atoms with Crippen LogP contribution in [0, 0.1) is 5.92 Å². The fraction of sp³-hybridized carbons (Fsp3) is 0.562. The second kappa shape index (κ2) is 6.27. The maximum absolute atomic E-state index is 12.8. The molecule has 1 saturated heterocycles. The summed E-state index contributed by atoms with van der Waals surface area (Å²) in [5, 5.41) is 9.17. The number of rotatable bonds is 3. The van der Waals surface area contributed by atoms with E-state index in [4.69, 9.17) is 0 Å². The van der Waals surface area contributed by atoms with Crippen LogP contribution in [0.2, 0.25) is 0 Å². The summed E-state index contributed by atoms with van der Waals surface area (Å²) in [6.07, 6.45) is 1.80. The molecule has 0 saturated carbocycles. The molecular formula is C16H22BrNO2. The van der Waals surface area contributed by atoms with Crippen LogP contribution in [0.25, 0.3) is 0 Å². The van der Waals surface area contributed by atoms with Gasteiger partial charge in [0.15, 0.2) is 0 Å². The summed E-state index contributed by atoms with van der Waals surface area (Å²) in [7, 11) is 0. The second-order valence-corrected chi connectivity index (χ2v) is 6.97. The van der Waals surface area contributed by atoms with Gasteiger partial charge in [-0.05, 0) is 50.3 Å². The van der Waals surface area contributed by atoms with Gasteiger partial charge in [0.1, 0.15) is 0 Å². The maximum Gasteiger partial charge on any atom is 0.232 e. The molecule has 0 aliphatic carbocycles. The molecule has 1 heterocycles. The Morgan fingerprint density at radius 3 is 2.35 bits per heavy atom. The Hall–Kier alpha value is -0.870. The summed E-state index contributed by atoms with van der Waals surface area (Å²) in [4.78, 5) is 14.7. The largest absolute Gasteiger partial charge is 0.396 e. The first-order chi connectivity index (χ1) is 9.45. The molecule has 0 atom stereocenters. The molecule has 110 valence electrons. The molecular weight excluding hydrogens is 318 g/mol. The van der Waals surface area contributed by atoms with Crippen molar-refractivity contribution in [1.29, 1.82) is 0 Å². The van der Waals surface area contributed by atoms with Crippen molar-refractivity contribution in [2.24, 2.45) is 5.92 Å². The molecule has 1 aromatic rings. The lowest BCUT2D eigenvalue weighted by Gasteiger charge is -2.36. The Morgan fingerprint density at radius 1 is 1.30 bits per heavy atom. The monoisotopic (exact) mass is 339 g/mol. The maximum atomic E-state index is 12.8. The summed E-state index contributed by atoms with van der Waals surface area (Å²) < 4.78 is 1.02. The summed E-state index contributed by atoms with van der Waals surface area (Å²) in [5.74, 6) is 0.533. The molecule has 1 fully saturated rings. The molecule has 0 bridgehead atoms. The highest BCUT2D eigenvalue weighted by atomic mass is 79.9. The van der Waals surface area contributed by atoms with Gasteiger partial charge in [0.2, 0.25) is 5.91 Å². The van der Waals surface area contributed by atoms with E-state index in [0.717, 1.165) is 36.0 Å². The summed E-state index contributed by atoms with van der Waals surface area (Å²) in [6.45, 7) is 5.71. The second-order valence-electron chi connectivity index (χ2n) is 6.05. The number of likely N-dealkylation sites (tertiary alicyclic amines) is 1. The quantitative estimate of drug-likeness (QED) is 0.919. The molecule has 0 spiro atoms. The minimum Gasteiger partial charge on any atom is -0.396 e. The number of aliphatic hydroxyl groups excluding tert-OH is 1. The molecule has 1 aliphatic rings. The number of nitrogens with zero attached hydrogens (tertiary/aromatic N) is 1. The van der Waals surface area contributed by atoms with E-state index in [1.807, 2.05) is 43.0 Å². The van der Waals surface area contributed by atoms with Crippen molar-refractivity contribution >= 4 is 21.8 Å². The van der Waals surface area contributed by atoms with Crippen molar-refractivity contribution in [3.8, 4) is 0 Å². The zero-order valence-corrected chi connectivity index (χ0v) is 13.7. The Bertz CT molecular complexity index is 462. The number of benzene rings is 1. The lowest BCUT2D eigenvalue weighted by Crippen LogP contribution is -2.47. The summed E-state index contributed by atoms with van der Waals surface area (Å²) in [5.41, 5.74) is 0.530. The molecule has 1 N–H and O–H groups in total. The molecule has 1 aromatic carbocycles. The van der Waals surface area contributed by atoms with E-state index < -0.39 is 5.41 Å². The smallest absolute Gasteiger partial charge is 0.232 e. The number of piperidine rings is 1. The van der Waals surface area contributed by atoms with E-state index in [-0.39, 0.29) is 12.5 Å². The predicted molar refractivity (Wildman–Crippen MR) is 83.6 cm³/mol. The van der Waals surface area contributed by atoms with Gasteiger partial charge in [-0.3, -0.25) is 4.79 Å². The van der Waals surface area contributed by atoms with Crippen LogP contribution in [0.4, 0.5) is 0 Å². The van der Waals surface area contributed by atoms with Gasteiger partial charge in [0, 0.05) is 24.2 Å². The van der Waals surface area contributed by atoms with Crippen LogP contribution in [0.3, 0.4) is 0 Å². The van der Waals surface area contributed by atoms with Crippen molar-refractivity contribution in [2.75, 3.05) is 19.7 Å². The standard InChI is InChI=1S/C16H22BrNO2/c1-16(2,13-3-5-14(17)6-4-13)15(20)18-9-7-12(11-19)8-10-18/h3-6,12,19H,7-11H2,1-2H3. The third kappa shape index (κ3) is 3.23. The minimum absolute atomic E-state index is 0.177. The number of carbonyl (C=O) groups is 1. The van der Waals surface area contributed by atoms with E-state index >= 15 is 0 Å². The molecule has 1 aliphatic heterocycles. The van der Waals surface area contributed by atoms with Crippen molar-refractivity contribution in [1.82, 2.24) is 4.90 Å². The predicted octanol–water partition coefficient (Wildman–Crippen LogP) is 2.96. The molecule has 1 amide bonds. The van der Waals surface area contributed by atoms with Gasteiger partial charge in [-0.15, -0.1) is 0 Å². The first-order valence-corrected chi connectivity index (χ1v) is 7.90. The van der Waals surface area contributed by atoms with Gasteiger partial charge in [-0.2, -0.15) is 0 Å². The van der Waals surface area contributed by atoms with E-state index in [9.17, 15) is 9.90 Å². The van der Waals surface area contributed by atoms with Gasteiger partial charge in [-0.1, -0.05) is 28.1 Å². The average Bonchev–Trinajstić information content (AvgIpc) is 2.47. The third-order valence-electron chi connectivity index (χ3n) is 4.26. The minimum atomic E-state index is -0.507.